The molecule has 0 radical (unpaired) electrons. The first kappa shape index (κ1) is 28.0. The first-order valence-corrected chi connectivity index (χ1v) is 14.5. The van der Waals surface area contributed by atoms with Gasteiger partial charge in [-0.2, -0.15) is 0 Å². The summed E-state index contributed by atoms with van der Waals surface area (Å²) >= 11 is 0. The van der Waals surface area contributed by atoms with Crippen LogP contribution < -0.4 is 0 Å². The van der Waals surface area contributed by atoms with Crippen molar-refractivity contribution in [2.75, 3.05) is 24.6 Å². The van der Waals surface area contributed by atoms with Crippen LogP contribution in [0.2, 0.25) is 0 Å². The molecular weight excluding hydrogens is 422 g/mol. The number of hydrogen-bond acceptors (Lipinski definition) is 3. The number of alkyl halides is 5. The summed E-state index contributed by atoms with van der Waals surface area (Å²) in [6.07, 6.45) is -0.217. The molecule has 0 bridgehead atoms. The zero-order valence-corrected chi connectivity index (χ0v) is 19.2. The van der Waals surface area contributed by atoms with Gasteiger partial charge in [0.2, 0.25) is 0 Å². The molecule has 0 atom stereocenters. The predicted molar refractivity (Wildman–Crippen MR) is 107 cm³/mol. The van der Waals surface area contributed by atoms with Crippen LogP contribution in [0.5, 0.6) is 0 Å². The quantitative estimate of drug-likeness (QED) is 0.193. The molecule has 0 aliphatic heterocycles. The molecule has 10 heteroatoms. The van der Waals surface area contributed by atoms with E-state index in [0.717, 1.165) is 0 Å². The van der Waals surface area contributed by atoms with Crippen LogP contribution in [-0.4, -0.2) is 44.5 Å². The van der Waals surface area contributed by atoms with E-state index in [-0.39, 0.29) is 24.6 Å². The minimum atomic E-state index is -6.21. The van der Waals surface area contributed by atoms with Crippen LogP contribution in [0, 0.1) is 0 Å². The molecule has 0 aromatic carbocycles. The van der Waals surface area contributed by atoms with Gasteiger partial charge in [-0.05, 0) is 0 Å². The molecule has 0 spiro atoms. The second kappa shape index (κ2) is 10.9. The molecule has 0 saturated carbocycles. The third-order valence-corrected chi connectivity index (χ3v) is 14.4. The zero-order valence-electron chi connectivity index (χ0n) is 17.5. The van der Waals surface area contributed by atoms with Crippen molar-refractivity contribution in [1.82, 2.24) is 0 Å². The van der Waals surface area contributed by atoms with E-state index in [0.29, 0.717) is 51.4 Å². The van der Waals surface area contributed by atoms with Crippen molar-refractivity contribution in [3.05, 3.63) is 0 Å². The van der Waals surface area contributed by atoms with Gasteiger partial charge in [0.25, 0.3) is 0 Å². The van der Waals surface area contributed by atoms with Gasteiger partial charge in [-0.25, -0.2) is 0 Å². The molecule has 0 heterocycles. The summed E-state index contributed by atoms with van der Waals surface area (Å²) in [4.78, 5) is 0. The van der Waals surface area contributed by atoms with E-state index in [1.807, 2.05) is 27.7 Å². The van der Waals surface area contributed by atoms with Crippen LogP contribution in [0.1, 0.15) is 79.1 Å². The normalized spacial score (nSPS) is 15.4. The summed E-state index contributed by atoms with van der Waals surface area (Å²) in [6, 6.07) is 0. The molecule has 0 aromatic heterocycles. The first-order valence-electron chi connectivity index (χ1n) is 10.2. The van der Waals surface area contributed by atoms with E-state index in [1.165, 1.54) is 0 Å². The minimum absolute atomic E-state index is 0.273. The molecule has 0 aliphatic carbocycles. The monoisotopic (exact) mass is 458 g/mol. The van der Waals surface area contributed by atoms with Crippen molar-refractivity contribution >= 4 is 16.9 Å². The van der Waals surface area contributed by atoms with Crippen molar-refractivity contribution in [2.45, 2.75) is 90.5 Å². The molecule has 0 rings (SSSR count). The fraction of sp³-hybridized carbons (Fsp3) is 1.00. The summed E-state index contributed by atoms with van der Waals surface area (Å²) in [5.74, 6) is 0. The summed E-state index contributed by atoms with van der Waals surface area (Å²) in [5.41, 5.74) is 0. The van der Waals surface area contributed by atoms with Crippen LogP contribution in [0.3, 0.4) is 0 Å². The average Bonchev–Trinajstić information content (AvgIpc) is 2.60. The van der Waals surface area contributed by atoms with E-state index in [2.05, 4.69) is 0 Å². The molecule has 0 aromatic rings. The number of unbranched alkanes of at least 4 members (excludes halogenated alkanes) is 4. The van der Waals surface area contributed by atoms with Gasteiger partial charge in [0.15, 0.2) is 0 Å². The molecule has 0 fully saturated rings. The Hall–Kier alpha value is -0.0100. The van der Waals surface area contributed by atoms with Crippen LogP contribution >= 0.6 is 6.83 Å². The van der Waals surface area contributed by atoms with Crippen LogP contribution in [-0.2, 0) is 14.1 Å². The van der Waals surface area contributed by atoms with Gasteiger partial charge in [-0.3, -0.25) is 0 Å². The maximum absolute atomic E-state index is 13.9. The molecule has 28 heavy (non-hydrogen) atoms. The fourth-order valence-electron chi connectivity index (χ4n) is 3.52. The second-order valence-electron chi connectivity index (χ2n) is 7.71. The van der Waals surface area contributed by atoms with Crippen LogP contribution in [0.4, 0.5) is 22.0 Å². The third-order valence-electron chi connectivity index (χ3n) is 5.26. The molecule has 0 N–H and O–H groups in total. The van der Waals surface area contributed by atoms with Crippen molar-refractivity contribution in [2.24, 2.45) is 0 Å². The van der Waals surface area contributed by atoms with Crippen molar-refractivity contribution in [3.63, 3.8) is 0 Å². The summed E-state index contributed by atoms with van der Waals surface area (Å²) < 4.78 is 96.2. The van der Waals surface area contributed by atoms with Gasteiger partial charge in [0.05, 0.1) is 0 Å². The van der Waals surface area contributed by atoms with E-state index >= 15 is 0 Å². The fourth-order valence-corrected chi connectivity index (χ4v) is 13.4. The van der Waals surface area contributed by atoms with Crippen molar-refractivity contribution < 1.29 is 34.3 Å². The second-order valence-corrected chi connectivity index (χ2v) is 15.2. The van der Waals surface area contributed by atoms with Gasteiger partial charge >= 0.3 is 166 Å². The zero-order chi connectivity index (χ0) is 22.1. The number of rotatable bonds is 15. The molecule has 0 aliphatic rings. The Morgan fingerprint density at radius 3 is 1.18 bits per heavy atom. The molecule has 0 saturated heterocycles. The van der Waals surface area contributed by atoms with Gasteiger partial charge in [0, 0.05) is 0 Å². The maximum atomic E-state index is 13.9. The van der Waals surface area contributed by atoms with Gasteiger partial charge in [0.1, 0.15) is 0 Å². The molecular formula is C18H36F5O3PS. The standard InChI is InChI=1S/C18H36F5O3PS/c1-5-9-13-27(14-10-6-2,15-11-7-3,16-12-8-4)26-28(24,25)18(22,23)17(19,20)21/h5-16H2,1-4H3. The Kier molecular flexibility index (Phi) is 10.8. The third kappa shape index (κ3) is 6.76. The van der Waals surface area contributed by atoms with Gasteiger partial charge in [-0.1, -0.05) is 0 Å². The number of hydrogen-bond donors (Lipinski definition) is 0. The topological polar surface area (TPSA) is 43.4 Å². The Morgan fingerprint density at radius 1 is 0.679 bits per heavy atom. The van der Waals surface area contributed by atoms with E-state index in [1.54, 1.807) is 0 Å². The molecule has 0 unspecified atom stereocenters. The summed E-state index contributed by atoms with van der Waals surface area (Å²) in [5, 5.41) is -5.92. The van der Waals surface area contributed by atoms with E-state index in [9.17, 15) is 30.4 Å². The van der Waals surface area contributed by atoms with Crippen LogP contribution in [0.15, 0.2) is 0 Å². The van der Waals surface area contributed by atoms with Crippen molar-refractivity contribution in [1.29, 1.82) is 0 Å². The van der Waals surface area contributed by atoms with Gasteiger partial charge in [-0.15, -0.1) is 0 Å². The molecule has 3 nitrogen and oxygen atoms in total. The van der Waals surface area contributed by atoms with Crippen LogP contribution in [0.25, 0.3) is 0 Å². The van der Waals surface area contributed by atoms with Gasteiger partial charge < -0.3 is 0 Å². The summed E-state index contributed by atoms with van der Waals surface area (Å²) in [6.45, 7) is 3.69. The average molecular weight is 459 g/mol. The Morgan fingerprint density at radius 2 is 0.964 bits per heavy atom. The Balaban J connectivity index is 6.48. The van der Waals surface area contributed by atoms with Crippen molar-refractivity contribution in [3.8, 4) is 0 Å². The van der Waals surface area contributed by atoms with E-state index in [4.69, 9.17) is 3.97 Å². The van der Waals surface area contributed by atoms with E-state index < -0.39 is 28.4 Å². The predicted octanol–water partition coefficient (Wildman–Crippen LogP) is 7.16. The Labute approximate surface area is 166 Å². The SMILES string of the molecule is CCCCP(CCCC)(CCCC)(CCCC)OS(=O)(=O)C(F)(F)C(F)(F)F. The summed E-state index contributed by atoms with van der Waals surface area (Å²) in [7, 11) is -6.16. The molecule has 0 amide bonds. The molecule has 172 valence electrons. The number of halogens is 5. The Bertz CT molecular complexity index is 521. The first-order chi connectivity index (χ1) is 12.8.